The number of imidazole rings is 2. The number of benzene rings is 2. The molecule has 0 atom stereocenters. The molecule has 0 aliphatic carbocycles. The van der Waals surface area contributed by atoms with Gasteiger partial charge in [0.2, 0.25) is 0 Å². The van der Waals surface area contributed by atoms with Crippen LogP contribution in [0.2, 0.25) is 5.02 Å². The van der Waals surface area contributed by atoms with Gasteiger partial charge in [-0.1, -0.05) is 11.6 Å². The van der Waals surface area contributed by atoms with Gasteiger partial charge in [-0.3, -0.25) is 9.69 Å². The third kappa shape index (κ3) is 5.35. The molecular formula is C26H27ClFN7O3. The van der Waals surface area contributed by atoms with Crippen molar-refractivity contribution in [3.8, 4) is 22.8 Å². The highest BCUT2D eigenvalue weighted by Crippen LogP contribution is 2.31. The number of carbonyl (C=O) groups excluding carboxylic acids is 1. The molecule has 0 bridgehead atoms. The molecule has 0 radical (unpaired) electrons. The summed E-state index contributed by atoms with van der Waals surface area (Å²) < 4.78 is 14.8. The van der Waals surface area contributed by atoms with E-state index in [1.165, 1.54) is 36.5 Å². The third-order valence-electron chi connectivity index (χ3n) is 6.45. The summed E-state index contributed by atoms with van der Waals surface area (Å²) in [5, 5.41) is 12.4. The van der Waals surface area contributed by atoms with Gasteiger partial charge in [0.15, 0.2) is 11.5 Å². The minimum atomic E-state index is -0.414. The molecule has 4 aromatic rings. The molecule has 198 valence electrons. The van der Waals surface area contributed by atoms with Gasteiger partial charge in [0, 0.05) is 44.0 Å². The van der Waals surface area contributed by atoms with Crippen LogP contribution in [-0.4, -0.2) is 82.0 Å². The SMILES string of the molecule is COn1cnc(-c2ccc(F)cc2)c1-c1ncc(C(=O)Nc2ccc(N3CCN(CCO)CC3)cc2Cl)[nH]1. The number of nitrogens with one attached hydrogen (secondary N) is 2. The number of anilines is 2. The van der Waals surface area contributed by atoms with Crippen LogP contribution < -0.4 is 15.1 Å². The number of nitrogens with zero attached hydrogens (tertiary/aromatic N) is 5. The van der Waals surface area contributed by atoms with Crippen molar-refractivity contribution in [2.24, 2.45) is 0 Å². The smallest absolute Gasteiger partial charge is 0.273 e. The molecule has 10 nitrogen and oxygen atoms in total. The van der Waals surface area contributed by atoms with Crippen LogP contribution in [0.25, 0.3) is 22.8 Å². The lowest BCUT2D eigenvalue weighted by Crippen LogP contribution is -2.47. The van der Waals surface area contributed by atoms with Crippen LogP contribution in [0, 0.1) is 5.82 Å². The Labute approximate surface area is 223 Å². The highest BCUT2D eigenvalue weighted by Gasteiger charge is 2.21. The first-order valence-corrected chi connectivity index (χ1v) is 12.5. The lowest BCUT2D eigenvalue weighted by molar-refractivity contribution is 0.102. The summed E-state index contributed by atoms with van der Waals surface area (Å²) in [6.45, 7) is 4.22. The number of aliphatic hydroxyl groups is 1. The molecule has 12 heteroatoms. The van der Waals surface area contributed by atoms with Crippen LogP contribution in [0.5, 0.6) is 0 Å². The first kappa shape index (κ1) is 25.7. The number of aromatic amines is 1. The Morgan fingerprint density at radius 2 is 1.92 bits per heavy atom. The van der Waals surface area contributed by atoms with Gasteiger partial charge >= 0.3 is 0 Å². The Balaban J connectivity index is 1.31. The van der Waals surface area contributed by atoms with Crippen LogP contribution in [-0.2, 0) is 0 Å². The van der Waals surface area contributed by atoms with Gasteiger partial charge in [-0.15, -0.1) is 0 Å². The summed E-state index contributed by atoms with van der Waals surface area (Å²) in [4.78, 5) is 34.6. The van der Waals surface area contributed by atoms with Crippen molar-refractivity contribution in [1.82, 2.24) is 24.6 Å². The Hall–Kier alpha value is -3.93. The summed E-state index contributed by atoms with van der Waals surface area (Å²) in [7, 11) is 1.48. The predicted octanol–water partition coefficient (Wildman–Crippen LogP) is 3.16. The molecule has 1 aliphatic heterocycles. The largest absolute Gasteiger partial charge is 0.415 e. The number of rotatable bonds is 8. The Morgan fingerprint density at radius 1 is 1.16 bits per heavy atom. The van der Waals surface area contributed by atoms with Crippen molar-refractivity contribution in [3.05, 3.63) is 71.5 Å². The van der Waals surface area contributed by atoms with Crippen LogP contribution in [0.3, 0.4) is 0 Å². The Bertz CT molecular complexity index is 1410. The number of carbonyl (C=O) groups is 1. The average molecular weight is 540 g/mol. The van der Waals surface area contributed by atoms with Gasteiger partial charge in [0.05, 0.1) is 23.5 Å². The van der Waals surface area contributed by atoms with E-state index < -0.39 is 5.91 Å². The molecule has 1 saturated heterocycles. The summed E-state index contributed by atoms with van der Waals surface area (Å²) in [5.74, 6) is -0.413. The standard InChI is InChI=1S/C26H27ClFN7O3/c1-38-35-16-30-23(17-2-4-18(28)5-3-17)24(35)25-29-15-22(31-25)26(37)32-21-7-6-19(14-20(21)27)34-10-8-33(9-11-34)12-13-36/h2-7,14-16,36H,8-13H2,1H3,(H,29,31)(H,32,37). The zero-order valence-electron chi connectivity index (χ0n) is 20.7. The second kappa shape index (κ2) is 11.2. The summed E-state index contributed by atoms with van der Waals surface area (Å²) in [6, 6.07) is 11.4. The van der Waals surface area contributed by atoms with Crippen molar-refractivity contribution in [3.63, 3.8) is 0 Å². The topological polar surface area (TPSA) is 112 Å². The van der Waals surface area contributed by atoms with E-state index in [-0.39, 0.29) is 18.1 Å². The van der Waals surface area contributed by atoms with Crippen LogP contribution in [0.1, 0.15) is 10.5 Å². The molecule has 1 fully saturated rings. The second-order valence-electron chi connectivity index (χ2n) is 8.77. The first-order chi connectivity index (χ1) is 18.5. The van der Waals surface area contributed by atoms with Crippen molar-refractivity contribution >= 4 is 28.9 Å². The minimum Gasteiger partial charge on any atom is -0.415 e. The van der Waals surface area contributed by atoms with Crippen molar-refractivity contribution in [2.45, 2.75) is 0 Å². The second-order valence-corrected chi connectivity index (χ2v) is 9.18. The number of β-amino-alcohol motifs (C(OH)–C–C–N with tert-alkyl or cyclic N) is 1. The first-order valence-electron chi connectivity index (χ1n) is 12.1. The number of hydrogen-bond donors (Lipinski definition) is 3. The molecule has 0 saturated carbocycles. The van der Waals surface area contributed by atoms with Gasteiger partial charge < -0.3 is 25.1 Å². The number of hydrogen-bond acceptors (Lipinski definition) is 7. The Morgan fingerprint density at radius 3 is 2.61 bits per heavy atom. The maximum absolute atomic E-state index is 13.4. The predicted molar refractivity (Wildman–Crippen MR) is 143 cm³/mol. The number of aliphatic hydroxyl groups excluding tert-OH is 1. The van der Waals surface area contributed by atoms with Gasteiger partial charge in [0.25, 0.3) is 5.91 Å². The average Bonchev–Trinajstić information content (AvgIpc) is 3.58. The molecule has 0 spiro atoms. The van der Waals surface area contributed by atoms with Crippen molar-refractivity contribution in [2.75, 3.05) is 56.7 Å². The van der Waals surface area contributed by atoms with E-state index in [0.717, 1.165) is 31.9 Å². The number of piperazine rings is 1. The maximum atomic E-state index is 13.4. The lowest BCUT2D eigenvalue weighted by atomic mass is 10.1. The molecule has 2 aromatic carbocycles. The molecule has 0 unspecified atom stereocenters. The monoisotopic (exact) mass is 539 g/mol. The van der Waals surface area contributed by atoms with Gasteiger partial charge in [0.1, 0.15) is 30.6 Å². The fourth-order valence-electron chi connectivity index (χ4n) is 4.43. The molecule has 3 heterocycles. The highest BCUT2D eigenvalue weighted by atomic mass is 35.5. The van der Waals surface area contributed by atoms with Gasteiger partial charge in [-0.2, -0.15) is 4.73 Å². The number of H-pyrrole nitrogens is 1. The minimum absolute atomic E-state index is 0.156. The summed E-state index contributed by atoms with van der Waals surface area (Å²) >= 11 is 6.52. The lowest BCUT2D eigenvalue weighted by Gasteiger charge is -2.36. The van der Waals surface area contributed by atoms with E-state index in [9.17, 15) is 9.18 Å². The summed E-state index contributed by atoms with van der Waals surface area (Å²) in [6.07, 6.45) is 2.89. The van der Waals surface area contributed by atoms with E-state index in [4.69, 9.17) is 21.5 Å². The maximum Gasteiger partial charge on any atom is 0.273 e. The van der Waals surface area contributed by atoms with Crippen molar-refractivity contribution < 1.29 is 19.1 Å². The zero-order chi connectivity index (χ0) is 26.6. The molecule has 1 amide bonds. The molecule has 2 aromatic heterocycles. The molecule has 1 aliphatic rings. The van der Waals surface area contributed by atoms with E-state index in [0.29, 0.717) is 40.0 Å². The fraction of sp³-hybridized carbons (Fsp3) is 0.269. The van der Waals surface area contributed by atoms with Crippen LogP contribution in [0.15, 0.2) is 55.0 Å². The zero-order valence-corrected chi connectivity index (χ0v) is 21.5. The fourth-order valence-corrected chi connectivity index (χ4v) is 4.65. The van der Waals surface area contributed by atoms with Gasteiger partial charge in [-0.25, -0.2) is 14.4 Å². The van der Waals surface area contributed by atoms with Crippen LogP contribution >= 0.6 is 11.6 Å². The number of aromatic nitrogens is 4. The third-order valence-corrected chi connectivity index (χ3v) is 6.76. The molecular weight excluding hydrogens is 513 g/mol. The van der Waals surface area contributed by atoms with Gasteiger partial charge in [-0.05, 0) is 42.5 Å². The highest BCUT2D eigenvalue weighted by molar-refractivity contribution is 6.34. The Kier molecular flexibility index (Phi) is 7.59. The molecule has 5 rings (SSSR count). The number of amides is 1. The van der Waals surface area contributed by atoms with E-state index in [1.807, 2.05) is 12.1 Å². The van der Waals surface area contributed by atoms with E-state index in [1.54, 1.807) is 18.2 Å². The molecule has 3 N–H and O–H groups in total. The molecule has 38 heavy (non-hydrogen) atoms. The van der Waals surface area contributed by atoms with Crippen LogP contribution in [0.4, 0.5) is 15.8 Å². The van der Waals surface area contributed by atoms with E-state index in [2.05, 4.69) is 30.1 Å². The van der Waals surface area contributed by atoms with E-state index >= 15 is 0 Å². The quantitative estimate of drug-likeness (QED) is 0.315. The normalized spacial score (nSPS) is 14.1. The van der Waals surface area contributed by atoms with Crippen molar-refractivity contribution in [1.29, 1.82) is 0 Å². The number of halogens is 2. The summed E-state index contributed by atoms with van der Waals surface area (Å²) in [5.41, 5.74) is 3.34.